The minimum absolute atomic E-state index is 0.188. The molecule has 0 bridgehead atoms. The van der Waals surface area contributed by atoms with E-state index in [4.69, 9.17) is 9.98 Å². The third-order valence-electron chi connectivity index (χ3n) is 5.92. The average Bonchev–Trinajstić information content (AvgIpc) is 2.86. The van der Waals surface area contributed by atoms with Crippen LogP contribution in [-0.2, 0) is 0 Å². The quantitative estimate of drug-likeness (QED) is 0.285. The fraction of sp³-hybridized carbons (Fsp3) is 0.0667. The molecule has 0 atom stereocenters. The molecule has 0 saturated heterocycles. The van der Waals surface area contributed by atoms with Crippen LogP contribution in [0.4, 0.5) is 11.4 Å². The first-order valence-corrected chi connectivity index (χ1v) is 14.7. The molecule has 0 unspecified atom stereocenters. The van der Waals surface area contributed by atoms with Gasteiger partial charge in [-0.05, 0) is 0 Å². The molecule has 2 aliphatic heterocycles. The van der Waals surface area contributed by atoms with Gasteiger partial charge in [0.15, 0.2) is 0 Å². The Bertz CT molecular complexity index is 1420. The molecule has 2 aliphatic rings. The van der Waals surface area contributed by atoms with Gasteiger partial charge < -0.3 is 0 Å². The van der Waals surface area contributed by atoms with Gasteiger partial charge in [0.05, 0.1) is 0 Å². The molecule has 6 rings (SSSR count). The maximum absolute atomic E-state index is 5.04. The van der Waals surface area contributed by atoms with Crippen LogP contribution in [0, 0.1) is 13.8 Å². The van der Waals surface area contributed by atoms with Crippen molar-refractivity contribution in [3.05, 3.63) is 107 Å². The maximum atomic E-state index is 5.04. The van der Waals surface area contributed by atoms with E-state index in [1.165, 1.54) is 41.9 Å². The van der Waals surface area contributed by atoms with Crippen molar-refractivity contribution in [2.45, 2.75) is 13.8 Å². The second kappa shape index (κ2) is 8.98. The van der Waals surface area contributed by atoms with Crippen molar-refractivity contribution in [3.63, 3.8) is 0 Å². The molecular formula is C30H22N2Se2. The summed E-state index contributed by atoms with van der Waals surface area (Å²) >= 11 is 0.376. The van der Waals surface area contributed by atoms with Crippen LogP contribution in [0.25, 0.3) is 22.9 Å². The van der Waals surface area contributed by atoms with E-state index in [1.807, 2.05) is 0 Å². The van der Waals surface area contributed by atoms with E-state index < -0.39 is 0 Å². The van der Waals surface area contributed by atoms with Gasteiger partial charge in [-0.2, -0.15) is 0 Å². The van der Waals surface area contributed by atoms with Crippen LogP contribution >= 0.6 is 0 Å². The minimum atomic E-state index is 0.188. The second-order valence-electron chi connectivity index (χ2n) is 8.51. The van der Waals surface area contributed by atoms with Crippen LogP contribution < -0.4 is 8.92 Å². The summed E-state index contributed by atoms with van der Waals surface area (Å²) in [6.07, 6.45) is 8.72. The van der Waals surface area contributed by atoms with Gasteiger partial charge in [0, 0.05) is 0 Å². The number of benzene rings is 4. The Morgan fingerprint density at radius 1 is 0.500 bits per heavy atom. The predicted molar refractivity (Wildman–Crippen MR) is 149 cm³/mol. The standard InChI is InChI=1S/C30H22N2Se2/c1-19-3-7-21(8-4-19)11-17-27-31-23-13-16-26-30-24(14-15-25(33-27)29(23)30)32-28(34-26)18-12-22-9-5-20(2)6-10-22/h3-18H,1-2H3/b17-11+,18-12+. The second-order valence-corrected chi connectivity index (χ2v) is 13.0. The Kier molecular flexibility index (Phi) is 5.69. The molecule has 0 aliphatic carbocycles. The molecule has 34 heavy (non-hydrogen) atoms. The normalized spacial score (nSPS) is 14.6. The van der Waals surface area contributed by atoms with E-state index >= 15 is 0 Å². The summed E-state index contributed by atoms with van der Waals surface area (Å²) in [5.74, 6) is 0. The number of rotatable bonds is 4. The Labute approximate surface area is 212 Å². The number of hydrogen-bond donors (Lipinski definition) is 0. The molecule has 0 N–H and O–H groups in total. The van der Waals surface area contributed by atoms with E-state index in [2.05, 4.69) is 111 Å². The zero-order valence-corrected chi connectivity index (χ0v) is 22.4. The summed E-state index contributed by atoms with van der Waals surface area (Å²) in [5.41, 5.74) is 7.15. The van der Waals surface area contributed by atoms with Crippen LogP contribution in [0.3, 0.4) is 0 Å². The van der Waals surface area contributed by atoms with Gasteiger partial charge in [0.1, 0.15) is 0 Å². The third kappa shape index (κ3) is 4.27. The van der Waals surface area contributed by atoms with Crippen LogP contribution in [0.1, 0.15) is 22.3 Å². The molecular weight excluding hydrogens is 546 g/mol. The number of aliphatic imine (C=N–C) groups is 2. The van der Waals surface area contributed by atoms with Gasteiger partial charge in [-0.25, -0.2) is 0 Å². The molecule has 4 heteroatoms. The summed E-state index contributed by atoms with van der Waals surface area (Å²) in [5, 5.41) is 2.63. The van der Waals surface area contributed by atoms with Gasteiger partial charge in [0.25, 0.3) is 0 Å². The first-order chi connectivity index (χ1) is 16.6. The first-order valence-electron chi connectivity index (χ1n) is 11.2. The van der Waals surface area contributed by atoms with Crippen molar-refractivity contribution in [1.29, 1.82) is 0 Å². The van der Waals surface area contributed by atoms with E-state index in [-0.39, 0.29) is 29.9 Å². The van der Waals surface area contributed by atoms with E-state index in [0.717, 1.165) is 20.6 Å². The van der Waals surface area contributed by atoms with Gasteiger partial charge in [-0.3, -0.25) is 0 Å². The molecule has 4 aromatic rings. The summed E-state index contributed by atoms with van der Waals surface area (Å²) in [7, 11) is 0. The molecule has 0 aromatic heterocycles. The van der Waals surface area contributed by atoms with E-state index in [0.29, 0.717) is 0 Å². The topological polar surface area (TPSA) is 24.7 Å². The molecule has 2 heterocycles. The van der Waals surface area contributed by atoms with Crippen molar-refractivity contribution < 1.29 is 0 Å². The number of nitrogens with zero attached hydrogens (tertiary/aromatic N) is 2. The molecule has 0 saturated carbocycles. The van der Waals surface area contributed by atoms with Gasteiger partial charge in [-0.1, -0.05) is 0 Å². The molecule has 0 spiro atoms. The Balaban J connectivity index is 1.33. The monoisotopic (exact) mass is 570 g/mol. The summed E-state index contributed by atoms with van der Waals surface area (Å²) in [6.45, 7) is 4.23. The predicted octanol–water partition coefficient (Wildman–Crippen LogP) is 5.63. The van der Waals surface area contributed by atoms with Crippen LogP contribution in [0.2, 0.25) is 0 Å². The zero-order chi connectivity index (χ0) is 23.1. The molecule has 0 amide bonds. The number of allylic oxidation sites excluding steroid dienone is 2. The van der Waals surface area contributed by atoms with Gasteiger partial charge >= 0.3 is 213 Å². The van der Waals surface area contributed by atoms with Crippen molar-refractivity contribution in [1.82, 2.24) is 0 Å². The fourth-order valence-electron chi connectivity index (χ4n) is 4.10. The van der Waals surface area contributed by atoms with E-state index in [1.54, 1.807) is 0 Å². The average molecular weight is 568 g/mol. The Morgan fingerprint density at radius 2 is 0.912 bits per heavy atom. The number of aryl methyl sites for hydroxylation is 2. The third-order valence-corrected chi connectivity index (χ3v) is 10.1. The Hall–Kier alpha value is -3.00. The molecule has 2 nitrogen and oxygen atoms in total. The van der Waals surface area contributed by atoms with Crippen molar-refractivity contribution in [2.75, 3.05) is 0 Å². The zero-order valence-electron chi connectivity index (χ0n) is 18.9. The van der Waals surface area contributed by atoms with Crippen LogP contribution in [-0.4, -0.2) is 39.1 Å². The van der Waals surface area contributed by atoms with Crippen LogP contribution in [0.5, 0.6) is 0 Å². The molecule has 164 valence electrons. The van der Waals surface area contributed by atoms with Crippen molar-refractivity contribution in [3.8, 4) is 0 Å². The van der Waals surface area contributed by atoms with Crippen LogP contribution in [0.15, 0.2) is 94.9 Å². The van der Waals surface area contributed by atoms with Gasteiger partial charge in [0.2, 0.25) is 0 Å². The van der Waals surface area contributed by atoms with Crippen molar-refractivity contribution >= 4 is 82.4 Å². The van der Waals surface area contributed by atoms with E-state index in [9.17, 15) is 0 Å². The summed E-state index contributed by atoms with van der Waals surface area (Å²) in [6, 6.07) is 26.2. The number of hydrogen-bond acceptors (Lipinski definition) is 2. The molecule has 0 radical (unpaired) electrons. The summed E-state index contributed by atoms with van der Waals surface area (Å²) < 4.78 is 5.14. The SMILES string of the molecule is Cc1ccc(/C=C/C2=Nc3ccc4c5c(ccc(c35)[Se]2)N=C(/C=C/c2ccc(C)cc2)[Se]4)cc1. The molecule has 0 fully saturated rings. The molecule has 4 aromatic carbocycles. The Morgan fingerprint density at radius 3 is 1.32 bits per heavy atom. The summed E-state index contributed by atoms with van der Waals surface area (Å²) in [4.78, 5) is 10.1. The van der Waals surface area contributed by atoms with Crippen molar-refractivity contribution in [2.24, 2.45) is 9.98 Å². The fourth-order valence-corrected chi connectivity index (χ4v) is 8.08. The van der Waals surface area contributed by atoms with Gasteiger partial charge in [-0.15, -0.1) is 0 Å². The first kappa shape index (κ1) is 21.5.